The van der Waals surface area contributed by atoms with E-state index in [2.05, 4.69) is 23.3 Å². The van der Waals surface area contributed by atoms with E-state index in [0.717, 1.165) is 48.0 Å². The van der Waals surface area contributed by atoms with Crippen LogP contribution in [-0.2, 0) is 0 Å². The van der Waals surface area contributed by atoms with Crippen LogP contribution in [0.15, 0.2) is 41.2 Å². The van der Waals surface area contributed by atoms with E-state index in [4.69, 9.17) is 16.3 Å². The average molecular weight is 411 g/mol. The Kier molecular flexibility index (Phi) is 5.66. The SMILES string of the molecule is Cc1cc(C)cc(-c2c(OC(C)C3CCCNC3)c3ccc(Cl)cc3[nH]c2=O)c1. The molecule has 1 aliphatic heterocycles. The predicted octanol–water partition coefficient (Wildman–Crippen LogP) is 5.23. The minimum atomic E-state index is -0.159. The molecule has 0 amide bonds. The van der Waals surface area contributed by atoms with E-state index >= 15 is 0 Å². The van der Waals surface area contributed by atoms with Crippen molar-refractivity contribution in [1.82, 2.24) is 10.3 Å². The lowest BCUT2D eigenvalue weighted by atomic mass is 9.94. The molecule has 29 heavy (non-hydrogen) atoms. The quantitative estimate of drug-likeness (QED) is 0.619. The summed E-state index contributed by atoms with van der Waals surface area (Å²) < 4.78 is 6.55. The van der Waals surface area contributed by atoms with Crippen LogP contribution in [0, 0.1) is 19.8 Å². The van der Waals surface area contributed by atoms with Gasteiger partial charge in [0.05, 0.1) is 17.2 Å². The molecule has 0 aliphatic carbocycles. The van der Waals surface area contributed by atoms with E-state index < -0.39 is 0 Å². The third-order valence-corrected chi connectivity index (χ3v) is 5.98. The van der Waals surface area contributed by atoms with Crippen LogP contribution in [0.3, 0.4) is 0 Å². The van der Waals surface area contributed by atoms with Crippen LogP contribution in [0.5, 0.6) is 5.75 Å². The van der Waals surface area contributed by atoms with Gasteiger partial charge in [-0.3, -0.25) is 4.79 Å². The van der Waals surface area contributed by atoms with Crippen molar-refractivity contribution in [2.75, 3.05) is 13.1 Å². The number of rotatable bonds is 4. The number of aromatic amines is 1. The highest BCUT2D eigenvalue weighted by molar-refractivity contribution is 6.31. The smallest absolute Gasteiger partial charge is 0.260 e. The molecular weight excluding hydrogens is 384 g/mol. The van der Waals surface area contributed by atoms with Crippen LogP contribution in [-0.4, -0.2) is 24.2 Å². The molecule has 0 saturated carbocycles. The van der Waals surface area contributed by atoms with Crippen LogP contribution < -0.4 is 15.6 Å². The maximum Gasteiger partial charge on any atom is 0.260 e. The molecule has 1 aliphatic rings. The maximum absolute atomic E-state index is 13.2. The highest BCUT2D eigenvalue weighted by Crippen LogP contribution is 2.36. The Balaban J connectivity index is 1.89. The fraction of sp³-hybridized carbons (Fsp3) is 0.375. The van der Waals surface area contributed by atoms with Gasteiger partial charge in [0.1, 0.15) is 5.75 Å². The van der Waals surface area contributed by atoms with Crippen LogP contribution in [0.4, 0.5) is 0 Å². The Labute approximate surface area is 176 Å². The largest absolute Gasteiger partial charge is 0.489 e. The molecule has 152 valence electrons. The molecule has 2 heterocycles. The summed E-state index contributed by atoms with van der Waals surface area (Å²) in [5.41, 5.74) is 4.23. The van der Waals surface area contributed by atoms with Gasteiger partial charge in [0.15, 0.2) is 0 Å². The maximum atomic E-state index is 13.2. The Hall–Kier alpha value is -2.30. The van der Waals surface area contributed by atoms with Gasteiger partial charge < -0.3 is 15.0 Å². The molecule has 0 bridgehead atoms. The van der Waals surface area contributed by atoms with Gasteiger partial charge in [-0.05, 0) is 63.9 Å². The highest BCUT2D eigenvalue weighted by atomic mass is 35.5. The number of pyridine rings is 1. The molecule has 2 aromatic carbocycles. The number of H-pyrrole nitrogens is 1. The van der Waals surface area contributed by atoms with E-state index in [1.807, 2.05) is 38.1 Å². The summed E-state index contributed by atoms with van der Waals surface area (Å²) in [5, 5.41) is 4.91. The van der Waals surface area contributed by atoms with Crippen molar-refractivity contribution in [3.05, 3.63) is 62.9 Å². The van der Waals surface area contributed by atoms with Crippen molar-refractivity contribution >= 4 is 22.5 Å². The number of aryl methyl sites for hydroxylation is 2. The number of ether oxygens (including phenoxy) is 1. The molecule has 2 atom stereocenters. The fourth-order valence-corrected chi connectivity index (χ4v) is 4.48. The number of hydrogen-bond acceptors (Lipinski definition) is 3. The predicted molar refractivity (Wildman–Crippen MR) is 120 cm³/mol. The second-order valence-electron chi connectivity index (χ2n) is 8.15. The van der Waals surface area contributed by atoms with Gasteiger partial charge >= 0.3 is 0 Å². The summed E-state index contributed by atoms with van der Waals surface area (Å²) in [6, 6.07) is 11.7. The standard InChI is InChI=1S/C24H27ClN2O2/c1-14-9-15(2)11-18(10-14)22-23(29-16(3)17-5-4-8-26-13-17)20-7-6-19(25)12-21(20)27-24(22)28/h6-7,9-12,16-17,26H,4-5,8,13H2,1-3H3,(H,27,28). The van der Waals surface area contributed by atoms with Crippen LogP contribution >= 0.6 is 11.6 Å². The van der Waals surface area contributed by atoms with E-state index in [1.165, 1.54) is 0 Å². The summed E-state index contributed by atoms with van der Waals surface area (Å²) in [4.78, 5) is 16.2. The third kappa shape index (κ3) is 4.19. The Morgan fingerprint density at radius 3 is 2.59 bits per heavy atom. The Morgan fingerprint density at radius 1 is 1.14 bits per heavy atom. The van der Waals surface area contributed by atoms with Crippen molar-refractivity contribution in [3.8, 4) is 16.9 Å². The number of aromatic nitrogens is 1. The molecule has 0 radical (unpaired) electrons. The fourth-order valence-electron chi connectivity index (χ4n) is 4.31. The summed E-state index contributed by atoms with van der Waals surface area (Å²) >= 11 is 6.18. The first-order chi connectivity index (χ1) is 13.9. The van der Waals surface area contributed by atoms with Crippen LogP contribution in [0.1, 0.15) is 30.9 Å². The Bertz CT molecular complexity index is 1080. The van der Waals surface area contributed by atoms with Gasteiger partial charge in [-0.25, -0.2) is 0 Å². The van der Waals surface area contributed by atoms with Gasteiger partial charge in [-0.1, -0.05) is 40.9 Å². The van der Waals surface area contributed by atoms with Crippen molar-refractivity contribution < 1.29 is 4.74 Å². The first-order valence-electron chi connectivity index (χ1n) is 10.2. The molecule has 2 N–H and O–H groups in total. The zero-order valence-corrected chi connectivity index (χ0v) is 17.9. The molecule has 0 spiro atoms. The summed E-state index contributed by atoms with van der Waals surface area (Å²) in [6.45, 7) is 8.19. The lowest BCUT2D eigenvalue weighted by Crippen LogP contribution is -2.38. The monoisotopic (exact) mass is 410 g/mol. The minimum Gasteiger partial charge on any atom is -0.489 e. The van der Waals surface area contributed by atoms with Crippen molar-refractivity contribution in [2.45, 2.75) is 39.7 Å². The number of fused-ring (bicyclic) bond motifs is 1. The number of hydrogen-bond donors (Lipinski definition) is 2. The zero-order valence-electron chi connectivity index (χ0n) is 17.1. The summed E-state index contributed by atoms with van der Waals surface area (Å²) in [6.07, 6.45) is 2.27. The molecule has 1 fully saturated rings. The first-order valence-corrected chi connectivity index (χ1v) is 10.6. The van der Waals surface area contributed by atoms with Crippen LogP contribution in [0.25, 0.3) is 22.0 Å². The lowest BCUT2D eigenvalue weighted by molar-refractivity contribution is 0.133. The van der Waals surface area contributed by atoms with Gasteiger partial charge in [0.2, 0.25) is 0 Å². The molecule has 1 saturated heterocycles. The zero-order chi connectivity index (χ0) is 20.5. The second kappa shape index (κ2) is 8.21. The third-order valence-electron chi connectivity index (χ3n) is 5.74. The molecule has 2 unspecified atom stereocenters. The normalized spacial score (nSPS) is 18.0. The topological polar surface area (TPSA) is 54.1 Å². The second-order valence-corrected chi connectivity index (χ2v) is 8.59. The van der Waals surface area contributed by atoms with Gasteiger partial charge in [-0.15, -0.1) is 0 Å². The molecule has 4 nitrogen and oxygen atoms in total. The molecule has 5 heteroatoms. The highest BCUT2D eigenvalue weighted by Gasteiger charge is 2.25. The molecule has 1 aromatic heterocycles. The molecular formula is C24H27ClN2O2. The number of piperidine rings is 1. The van der Waals surface area contributed by atoms with Crippen molar-refractivity contribution in [2.24, 2.45) is 5.92 Å². The van der Waals surface area contributed by atoms with Crippen molar-refractivity contribution in [3.63, 3.8) is 0 Å². The number of halogens is 1. The average Bonchev–Trinajstić information content (AvgIpc) is 2.67. The van der Waals surface area contributed by atoms with E-state index in [9.17, 15) is 4.79 Å². The number of benzene rings is 2. The summed E-state index contributed by atoms with van der Waals surface area (Å²) in [7, 11) is 0. The summed E-state index contributed by atoms with van der Waals surface area (Å²) in [5.74, 6) is 1.06. The molecule has 3 aromatic rings. The number of nitrogens with one attached hydrogen (secondary N) is 2. The van der Waals surface area contributed by atoms with Crippen LogP contribution in [0.2, 0.25) is 5.02 Å². The first kappa shape index (κ1) is 20.0. The van der Waals surface area contributed by atoms with E-state index in [-0.39, 0.29) is 11.7 Å². The lowest BCUT2D eigenvalue weighted by Gasteiger charge is -2.29. The van der Waals surface area contributed by atoms with Gasteiger partial charge in [0.25, 0.3) is 5.56 Å². The van der Waals surface area contributed by atoms with E-state index in [0.29, 0.717) is 27.8 Å². The molecule has 4 rings (SSSR count). The van der Waals surface area contributed by atoms with Gasteiger partial charge in [-0.2, -0.15) is 0 Å². The van der Waals surface area contributed by atoms with Gasteiger partial charge in [0, 0.05) is 22.9 Å². The van der Waals surface area contributed by atoms with Crippen molar-refractivity contribution in [1.29, 1.82) is 0 Å². The minimum absolute atomic E-state index is 0.00636. The Morgan fingerprint density at radius 2 is 1.90 bits per heavy atom. The van der Waals surface area contributed by atoms with E-state index in [1.54, 1.807) is 6.07 Å².